The van der Waals surface area contributed by atoms with Gasteiger partial charge in [-0.1, -0.05) is 11.6 Å². The molecule has 2 N–H and O–H groups in total. The Hall–Kier alpha value is -2.34. The maximum Gasteiger partial charge on any atom is 0.269 e. The van der Waals surface area contributed by atoms with Crippen molar-refractivity contribution < 1.29 is 9.18 Å². The number of amides is 1. The van der Waals surface area contributed by atoms with E-state index in [1.54, 1.807) is 29.2 Å². The third kappa shape index (κ3) is 2.78. The summed E-state index contributed by atoms with van der Waals surface area (Å²) < 4.78 is 15.6. The number of H-pyrrole nitrogens is 1. The van der Waals surface area contributed by atoms with Crippen molar-refractivity contribution >= 4 is 28.4 Å². The first-order valence-corrected chi connectivity index (χ1v) is 8.28. The van der Waals surface area contributed by atoms with Crippen molar-refractivity contribution in [3.8, 4) is 0 Å². The Kier molecular flexibility index (Phi) is 3.76. The van der Waals surface area contributed by atoms with Crippen LogP contribution in [0, 0.1) is 5.82 Å². The number of benzene rings is 1. The van der Waals surface area contributed by atoms with Gasteiger partial charge in [0, 0.05) is 29.3 Å². The summed E-state index contributed by atoms with van der Waals surface area (Å²) in [7, 11) is 0. The van der Waals surface area contributed by atoms with E-state index >= 15 is 0 Å². The van der Waals surface area contributed by atoms with Crippen LogP contribution in [-0.2, 0) is 6.42 Å². The normalized spacial score (nSPS) is 14.2. The molecular weight excluding hydrogens is 331 g/mol. The van der Waals surface area contributed by atoms with Gasteiger partial charge < -0.3 is 10.3 Å². The lowest BCUT2D eigenvalue weighted by Crippen LogP contribution is -2.28. The molecule has 2 heterocycles. The molecule has 0 spiro atoms. The molecule has 7 heteroatoms. The zero-order chi connectivity index (χ0) is 16.7. The maximum absolute atomic E-state index is 13.8. The summed E-state index contributed by atoms with van der Waals surface area (Å²) >= 11 is 5.92. The number of carbonyl (C=O) groups is 1. The molecule has 2 aromatic heterocycles. The van der Waals surface area contributed by atoms with Gasteiger partial charge in [0.25, 0.3) is 5.91 Å². The summed E-state index contributed by atoms with van der Waals surface area (Å²) in [5.41, 5.74) is 1.94. The monoisotopic (exact) mass is 346 g/mol. The number of fused-ring (bicyclic) bond motifs is 1. The lowest BCUT2D eigenvalue weighted by Gasteiger charge is -2.07. The molecular formula is C17H16ClFN4O. The van der Waals surface area contributed by atoms with E-state index in [1.807, 2.05) is 0 Å². The first-order chi connectivity index (χ1) is 11.6. The Balaban J connectivity index is 1.44. The molecule has 0 bridgehead atoms. The molecule has 4 rings (SSSR count). The highest BCUT2D eigenvalue weighted by molar-refractivity contribution is 6.31. The van der Waals surface area contributed by atoms with Crippen molar-refractivity contribution in [1.29, 1.82) is 0 Å². The van der Waals surface area contributed by atoms with Gasteiger partial charge in [0.05, 0.1) is 11.6 Å². The summed E-state index contributed by atoms with van der Waals surface area (Å²) in [6.45, 7) is 0.454. The second-order valence-corrected chi connectivity index (χ2v) is 6.46. The van der Waals surface area contributed by atoms with Gasteiger partial charge in [-0.3, -0.25) is 9.48 Å². The zero-order valence-corrected chi connectivity index (χ0v) is 13.6. The largest absolute Gasteiger partial charge is 0.359 e. The van der Waals surface area contributed by atoms with E-state index in [0.29, 0.717) is 35.2 Å². The van der Waals surface area contributed by atoms with Gasteiger partial charge in [0.15, 0.2) is 0 Å². The van der Waals surface area contributed by atoms with Gasteiger partial charge in [0.1, 0.15) is 11.5 Å². The Bertz CT molecular complexity index is 913. The van der Waals surface area contributed by atoms with E-state index in [2.05, 4.69) is 15.4 Å². The third-order valence-corrected chi connectivity index (χ3v) is 4.49. The highest BCUT2D eigenvalue weighted by Crippen LogP contribution is 2.35. The number of aromatic nitrogens is 3. The van der Waals surface area contributed by atoms with E-state index in [0.717, 1.165) is 23.8 Å². The van der Waals surface area contributed by atoms with E-state index in [-0.39, 0.29) is 11.7 Å². The van der Waals surface area contributed by atoms with Crippen LogP contribution in [0.2, 0.25) is 5.02 Å². The molecule has 1 saturated carbocycles. The van der Waals surface area contributed by atoms with Crippen LogP contribution in [0.15, 0.2) is 30.6 Å². The average molecular weight is 347 g/mol. The van der Waals surface area contributed by atoms with Crippen molar-refractivity contribution in [2.75, 3.05) is 6.54 Å². The smallest absolute Gasteiger partial charge is 0.269 e. The molecule has 1 aliphatic carbocycles. The molecule has 0 saturated heterocycles. The van der Waals surface area contributed by atoms with Crippen LogP contribution in [0.25, 0.3) is 10.9 Å². The lowest BCUT2D eigenvalue weighted by atomic mass is 10.1. The standard InChI is InChI=1S/C17H16ClFN4O/c18-11-7-13-10(9-21-16(13)14(19)8-11)3-5-20-17(24)15-4-6-22-23(15)12-1-2-12/h4,6-9,12,21H,1-3,5H2,(H,20,24). The molecule has 0 unspecified atom stereocenters. The predicted molar refractivity (Wildman–Crippen MR) is 89.8 cm³/mol. The second kappa shape index (κ2) is 5.94. The zero-order valence-electron chi connectivity index (χ0n) is 12.9. The lowest BCUT2D eigenvalue weighted by molar-refractivity contribution is 0.0943. The van der Waals surface area contributed by atoms with E-state index < -0.39 is 0 Å². The molecule has 1 aromatic carbocycles. The highest BCUT2D eigenvalue weighted by Gasteiger charge is 2.28. The summed E-state index contributed by atoms with van der Waals surface area (Å²) in [5.74, 6) is -0.510. The average Bonchev–Trinajstić information content (AvgIpc) is 3.13. The van der Waals surface area contributed by atoms with Crippen LogP contribution in [0.3, 0.4) is 0 Å². The fraction of sp³-hybridized carbons (Fsp3) is 0.294. The van der Waals surface area contributed by atoms with Gasteiger partial charge in [-0.15, -0.1) is 0 Å². The van der Waals surface area contributed by atoms with Crippen molar-refractivity contribution in [2.24, 2.45) is 0 Å². The number of hydrogen-bond acceptors (Lipinski definition) is 2. The second-order valence-electron chi connectivity index (χ2n) is 6.02. The van der Waals surface area contributed by atoms with Crippen LogP contribution < -0.4 is 5.32 Å². The molecule has 24 heavy (non-hydrogen) atoms. The summed E-state index contributed by atoms with van der Waals surface area (Å²) in [4.78, 5) is 15.2. The minimum atomic E-state index is -0.374. The van der Waals surface area contributed by atoms with Crippen LogP contribution in [0.5, 0.6) is 0 Å². The minimum Gasteiger partial charge on any atom is -0.359 e. The SMILES string of the molecule is O=C(NCCc1c[nH]c2c(F)cc(Cl)cc12)c1ccnn1C1CC1. The first kappa shape index (κ1) is 15.2. The predicted octanol–water partition coefficient (Wildman–Crippen LogP) is 3.46. The number of aromatic amines is 1. The molecule has 1 aliphatic rings. The van der Waals surface area contributed by atoms with Gasteiger partial charge >= 0.3 is 0 Å². The molecule has 3 aromatic rings. The molecule has 1 fully saturated rings. The quantitative estimate of drug-likeness (QED) is 0.743. The Labute approximate surface area is 142 Å². The first-order valence-electron chi connectivity index (χ1n) is 7.90. The minimum absolute atomic E-state index is 0.136. The van der Waals surface area contributed by atoms with Crippen molar-refractivity contribution in [3.63, 3.8) is 0 Å². The van der Waals surface area contributed by atoms with Crippen LogP contribution in [0.4, 0.5) is 4.39 Å². The molecule has 0 radical (unpaired) electrons. The maximum atomic E-state index is 13.8. The fourth-order valence-corrected chi connectivity index (χ4v) is 3.13. The fourth-order valence-electron chi connectivity index (χ4n) is 2.92. The third-order valence-electron chi connectivity index (χ3n) is 4.27. The van der Waals surface area contributed by atoms with E-state index in [9.17, 15) is 9.18 Å². The van der Waals surface area contributed by atoms with Crippen LogP contribution >= 0.6 is 11.6 Å². The molecule has 5 nitrogen and oxygen atoms in total. The molecule has 0 atom stereocenters. The Morgan fingerprint density at radius 3 is 3.08 bits per heavy atom. The van der Waals surface area contributed by atoms with Crippen molar-refractivity contribution in [1.82, 2.24) is 20.1 Å². The Morgan fingerprint density at radius 1 is 1.46 bits per heavy atom. The van der Waals surface area contributed by atoms with Crippen LogP contribution in [-0.4, -0.2) is 27.2 Å². The number of nitrogens with zero attached hydrogens (tertiary/aromatic N) is 2. The summed E-state index contributed by atoms with van der Waals surface area (Å²) in [6.07, 6.45) is 6.14. The van der Waals surface area contributed by atoms with Crippen molar-refractivity contribution in [3.05, 3.63) is 52.7 Å². The van der Waals surface area contributed by atoms with Gasteiger partial charge in [0.2, 0.25) is 0 Å². The van der Waals surface area contributed by atoms with Gasteiger partial charge in [-0.05, 0) is 43.0 Å². The number of hydrogen-bond donors (Lipinski definition) is 2. The molecule has 1 amide bonds. The van der Waals surface area contributed by atoms with Crippen LogP contribution in [0.1, 0.15) is 34.9 Å². The molecule has 124 valence electrons. The number of halogens is 2. The van der Waals surface area contributed by atoms with E-state index in [4.69, 9.17) is 11.6 Å². The van der Waals surface area contributed by atoms with Gasteiger partial charge in [-0.2, -0.15) is 5.10 Å². The number of carbonyl (C=O) groups excluding carboxylic acids is 1. The highest BCUT2D eigenvalue weighted by atomic mass is 35.5. The topological polar surface area (TPSA) is 62.7 Å². The summed E-state index contributed by atoms with van der Waals surface area (Å²) in [5, 5.41) is 8.22. The number of rotatable bonds is 5. The number of nitrogens with one attached hydrogen (secondary N) is 2. The van der Waals surface area contributed by atoms with Gasteiger partial charge in [-0.25, -0.2) is 4.39 Å². The Morgan fingerprint density at radius 2 is 2.29 bits per heavy atom. The van der Waals surface area contributed by atoms with Crippen molar-refractivity contribution in [2.45, 2.75) is 25.3 Å². The summed E-state index contributed by atoms with van der Waals surface area (Å²) in [6, 6.07) is 5.11. The molecule has 0 aliphatic heterocycles. The van der Waals surface area contributed by atoms with E-state index in [1.165, 1.54) is 6.07 Å².